The van der Waals surface area contributed by atoms with E-state index in [-0.39, 0.29) is 23.2 Å². The number of nitrogens with zero attached hydrogens (tertiary/aromatic N) is 1. The third kappa shape index (κ3) is 4.77. The first-order valence-electron chi connectivity index (χ1n) is 9.74. The molecule has 0 bridgehead atoms. The van der Waals surface area contributed by atoms with E-state index in [2.05, 4.69) is 9.98 Å². The topological polar surface area (TPSA) is 83.9 Å². The van der Waals surface area contributed by atoms with Gasteiger partial charge >= 0.3 is 6.18 Å². The first kappa shape index (κ1) is 25.6. The van der Waals surface area contributed by atoms with Gasteiger partial charge < -0.3 is 19.6 Å². The lowest BCUT2D eigenvalue weighted by molar-refractivity contribution is -0.244. The van der Waals surface area contributed by atoms with E-state index in [0.717, 1.165) is 37.4 Å². The summed E-state index contributed by atoms with van der Waals surface area (Å²) in [6.07, 6.45) is -5.36. The molecule has 0 saturated carbocycles. The Balaban J connectivity index is 2.45. The third-order valence-electron chi connectivity index (χ3n) is 4.90. The zero-order valence-electron chi connectivity index (χ0n) is 17.8. The number of alkyl halides is 3. The highest BCUT2D eigenvalue weighted by molar-refractivity contribution is 6.31. The van der Waals surface area contributed by atoms with Crippen LogP contribution >= 0.6 is 11.6 Å². The van der Waals surface area contributed by atoms with Crippen LogP contribution in [0.5, 0.6) is 5.75 Å². The molecule has 1 atom stereocenters. The molecule has 0 saturated heterocycles. The van der Waals surface area contributed by atoms with E-state index in [1.54, 1.807) is 0 Å². The third-order valence-corrected chi connectivity index (χ3v) is 5.19. The second kappa shape index (κ2) is 9.69. The van der Waals surface area contributed by atoms with Crippen LogP contribution in [0.2, 0.25) is 5.02 Å². The largest absolute Gasteiger partial charge is 0.493 e. The number of aliphatic imine (C=N–C) groups is 1. The number of hydrogen-bond acceptors (Lipinski definition) is 5. The zero-order valence-corrected chi connectivity index (χ0v) is 18.5. The molecule has 0 spiro atoms. The van der Waals surface area contributed by atoms with Crippen molar-refractivity contribution in [1.29, 1.82) is 0 Å². The number of aromatic amines is 1. The van der Waals surface area contributed by atoms with Crippen LogP contribution in [-0.4, -0.2) is 47.9 Å². The van der Waals surface area contributed by atoms with E-state index in [4.69, 9.17) is 21.1 Å². The van der Waals surface area contributed by atoms with E-state index in [1.807, 2.05) is 0 Å². The Morgan fingerprint density at radius 2 is 1.88 bits per heavy atom. The molecule has 12 heteroatoms. The van der Waals surface area contributed by atoms with Gasteiger partial charge in [0.05, 0.1) is 35.7 Å². The number of methoxy groups -OCH3 is 1. The van der Waals surface area contributed by atoms with Crippen molar-refractivity contribution in [2.75, 3.05) is 20.3 Å². The Morgan fingerprint density at radius 3 is 2.50 bits per heavy atom. The van der Waals surface area contributed by atoms with Gasteiger partial charge in [-0.15, -0.1) is 0 Å². The van der Waals surface area contributed by atoms with E-state index in [9.17, 15) is 31.9 Å². The minimum Gasteiger partial charge on any atom is -0.493 e. The number of H-pyrrole nitrogens is 1. The van der Waals surface area contributed by atoms with Gasteiger partial charge in [-0.3, -0.25) is 4.79 Å². The summed E-state index contributed by atoms with van der Waals surface area (Å²) in [7, 11) is 0.993. The zero-order chi connectivity index (χ0) is 25.3. The van der Waals surface area contributed by atoms with Crippen LogP contribution in [0.1, 0.15) is 12.5 Å². The number of ether oxygens (including phenoxy) is 2. The molecule has 0 amide bonds. The van der Waals surface area contributed by atoms with E-state index < -0.39 is 57.6 Å². The minimum atomic E-state index is -5.36. The molecule has 3 aromatic rings. The lowest BCUT2D eigenvalue weighted by Gasteiger charge is -2.32. The molecular formula is C22H18ClF5N2O4. The number of pyridine rings is 1. The predicted molar refractivity (Wildman–Crippen MR) is 116 cm³/mol. The second-order valence-electron chi connectivity index (χ2n) is 7.11. The Kier molecular flexibility index (Phi) is 7.29. The number of benzene rings is 2. The first-order valence-corrected chi connectivity index (χ1v) is 10.1. The van der Waals surface area contributed by atoms with Gasteiger partial charge in [0.1, 0.15) is 5.82 Å². The summed E-state index contributed by atoms with van der Waals surface area (Å²) in [6, 6.07) is 5.99. The molecule has 0 aliphatic rings. The Bertz CT molecular complexity index is 1310. The van der Waals surface area contributed by atoms with Crippen molar-refractivity contribution < 1.29 is 36.5 Å². The average Bonchev–Trinajstić information content (AvgIpc) is 2.76. The molecule has 182 valence electrons. The van der Waals surface area contributed by atoms with Crippen molar-refractivity contribution in [2.24, 2.45) is 4.99 Å². The number of aliphatic hydroxyl groups is 1. The van der Waals surface area contributed by atoms with Crippen LogP contribution in [0.15, 0.2) is 46.2 Å². The maximum atomic E-state index is 14.7. The van der Waals surface area contributed by atoms with E-state index in [1.165, 1.54) is 13.0 Å². The van der Waals surface area contributed by atoms with Crippen molar-refractivity contribution in [3.63, 3.8) is 0 Å². The summed E-state index contributed by atoms with van der Waals surface area (Å²) in [5.41, 5.74) is -6.50. The van der Waals surface area contributed by atoms with Crippen LogP contribution in [0.4, 0.5) is 27.6 Å². The Labute approximate surface area is 194 Å². The van der Waals surface area contributed by atoms with Gasteiger partial charge in [0, 0.05) is 29.7 Å². The molecule has 2 aromatic carbocycles. The van der Waals surface area contributed by atoms with Crippen LogP contribution in [0.3, 0.4) is 0 Å². The number of rotatable bonds is 7. The number of halogens is 6. The summed E-state index contributed by atoms with van der Waals surface area (Å²) in [4.78, 5) is 17.9. The van der Waals surface area contributed by atoms with Gasteiger partial charge in [0.25, 0.3) is 0 Å². The number of nitrogens with one attached hydrogen (secondary N) is 1. The molecular weight excluding hydrogens is 487 g/mol. The fraction of sp³-hybridized carbons (Fsp3) is 0.273. The summed E-state index contributed by atoms with van der Waals surface area (Å²) in [5, 5.41) is 10.5. The molecule has 1 aromatic heterocycles. The Hall–Kier alpha value is -3.02. The summed E-state index contributed by atoms with van der Waals surface area (Å²) in [5.74, 6) is -2.84. The van der Waals surface area contributed by atoms with Crippen LogP contribution in [0.25, 0.3) is 10.9 Å². The van der Waals surface area contributed by atoms with Gasteiger partial charge in [-0.05, 0) is 31.2 Å². The Morgan fingerprint density at radius 1 is 1.18 bits per heavy atom. The fourth-order valence-electron chi connectivity index (χ4n) is 3.26. The summed E-state index contributed by atoms with van der Waals surface area (Å²) in [6.45, 7) is -0.0855. The highest BCUT2D eigenvalue weighted by Crippen LogP contribution is 2.40. The average molecular weight is 505 g/mol. The second-order valence-corrected chi connectivity index (χ2v) is 7.51. The monoisotopic (exact) mass is 504 g/mol. The first-order chi connectivity index (χ1) is 15.9. The molecule has 0 aliphatic heterocycles. The van der Waals surface area contributed by atoms with E-state index >= 15 is 0 Å². The van der Waals surface area contributed by atoms with Crippen molar-refractivity contribution in [3.05, 3.63) is 69.0 Å². The van der Waals surface area contributed by atoms with E-state index in [0.29, 0.717) is 0 Å². The highest BCUT2D eigenvalue weighted by Gasteiger charge is 2.58. The molecule has 0 aliphatic carbocycles. The van der Waals surface area contributed by atoms with Crippen molar-refractivity contribution in [2.45, 2.75) is 18.7 Å². The normalized spacial score (nSPS) is 14.3. The lowest BCUT2D eigenvalue weighted by Crippen LogP contribution is -2.56. The van der Waals surface area contributed by atoms with Crippen molar-refractivity contribution >= 4 is 33.9 Å². The molecule has 6 nitrogen and oxygen atoms in total. The number of hydrogen-bond donors (Lipinski definition) is 2. The molecule has 0 fully saturated rings. The van der Waals surface area contributed by atoms with Gasteiger partial charge in [0.15, 0.2) is 11.6 Å². The smallest absolute Gasteiger partial charge is 0.425 e. The predicted octanol–water partition coefficient (Wildman–Crippen LogP) is 4.92. The van der Waals surface area contributed by atoms with Crippen molar-refractivity contribution in [3.8, 4) is 5.75 Å². The van der Waals surface area contributed by atoms with Crippen LogP contribution in [0, 0.1) is 11.6 Å². The lowest BCUT2D eigenvalue weighted by atomic mass is 9.90. The molecule has 2 N–H and O–H groups in total. The van der Waals surface area contributed by atoms with Gasteiger partial charge in [-0.1, -0.05) is 11.6 Å². The van der Waals surface area contributed by atoms with Gasteiger partial charge in [-0.25, -0.2) is 13.8 Å². The molecule has 1 unspecified atom stereocenters. The maximum Gasteiger partial charge on any atom is 0.425 e. The molecule has 0 radical (unpaired) electrons. The minimum absolute atomic E-state index is 0.0554. The molecule has 34 heavy (non-hydrogen) atoms. The van der Waals surface area contributed by atoms with Gasteiger partial charge in [-0.2, -0.15) is 13.2 Å². The summed E-state index contributed by atoms with van der Waals surface area (Å²) >= 11 is 5.74. The highest BCUT2D eigenvalue weighted by atomic mass is 35.5. The SMILES string of the molecule is CCOCC(O)(C(=Nc1cc(F)cc2[nH]c(=O)ccc12)c1ccc(Cl)c(F)c1OC)C(F)(F)F. The van der Waals surface area contributed by atoms with Crippen LogP contribution < -0.4 is 10.3 Å². The summed E-state index contributed by atoms with van der Waals surface area (Å²) < 4.78 is 81.5. The fourth-order valence-corrected chi connectivity index (χ4v) is 3.41. The molecule has 1 heterocycles. The molecule has 3 rings (SSSR count). The standard InChI is InChI=1S/C22H18ClF5N2O4/c1-3-34-10-21(32,22(26,27)28)20(13-4-6-14(23)18(25)19(13)33-2)30-16-9-11(24)8-15-12(16)5-7-17(31)29-15/h4-9,32H,3,10H2,1-2H3,(H,29,31). The quantitative estimate of drug-likeness (QED) is 0.353. The van der Waals surface area contributed by atoms with Gasteiger partial charge in [0.2, 0.25) is 11.2 Å². The van der Waals surface area contributed by atoms with Crippen molar-refractivity contribution in [1.82, 2.24) is 4.98 Å². The van der Waals surface area contributed by atoms with Crippen LogP contribution in [-0.2, 0) is 4.74 Å². The maximum absolute atomic E-state index is 14.7. The number of fused-ring (bicyclic) bond motifs is 1. The number of aromatic nitrogens is 1.